The fraction of sp³-hybridized carbons (Fsp3) is 0.0588. The molecule has 2 heterocycles. The van der Waals surface area contributed by atoms with Crippen LogP contribution in [0.15, 0.2) is 41.0 Å². The molecule has 3 N–H and O–H groups in total. The quantitative estimate of drug-likeness (QED) is 0.507. The second-order valence-corrected chi connectivity index (χ2v) is 6.47. The molecule has 0 saturated carbocycles. The lowest BCUT2D eigenvalue weighted by Gasteiger charge is -2.10. The third-order valence-corrected chi connectivity index (χ3v) is 4.18. The van der Waals surface area contributed by atoms with Crippen molar-refractivity contribution in [2.45, 2.75) is 0 Å². The minimum absolute atomic E-state index is 0.187. The predicted octanol–water partition coefficient (Wildman–Crippen LogP) is 3.36. The maximum Gasteiger partial charge on any atom is 0.322 e. The van der Waals surface area contributed by atoms with Crippen molar-refractivity contribution in [1.82, 2.24) is 15.3 Å². The largest absolute Gasteiger partial charge is 0.505 e. The van der Waals surface area contributed by atoms with Gasteiger partial charge in [0, 0.05) is 16.5 Å². The number of aromatic nitrogens is 2. The van der Waals surface area contributed by atoms with Gasteiger partial charge in [-0.15, -0.1) is 0 Å². The molecule has 27 heavy (non-hydrogen) atoms. The van der Waals surface area contributed by atoms with E-state index in [9.17, 15) is 14.7 Å². The van der Waals surface area contributed by atoms with Gasteiger partial charge >= 0.3 is 5.97 Å². The number of ether oxygens (including phenoxy) is 1. The van der Waals surface area contributed by atoms with Gasteiger partial charge in [0.15, 0.2) is 11.4 Å². The molecule has 8 nitrogen and oxygen atoms in total. The number of aromatic hydroxyl groups is 1. The third kappa shape index (κ3) is 4.26. The first-order valence-electron chi connectivity index (χ1n) is 7.48. The Morgan fingerprint density at radius 1 is 1.22 bits per heavy atom. The van der Waals surface area contributed by atoms with Crippen molar-refractivity contribution >= 4 is 50.3 Å². The highest BCUT2D eigenvalue weighted by Crippen LogP contribution is 2.33. The van der Waals surface area contributed by atoms with E-state index in [4.69, 9.17) is 21.4 Å². The number of carboxylic acid groups (broad SMARTS) is 1. The lowest BCUT2D eigenvalue weighted by molar-refractivity contribution is -0.135. The average molecular weight is 453 g/mol. The number of carbonyl (C=O) groups excluding carboxylic acids is 1. The highest BCUT2D eigenvalue weighted by Gasteiger charge is 2.20. The molecule has 0 unspecified atom stereocenters. The normalized spacial score (nSPS) is 10.6. The van der Waals surface area contributed by atoms with Gasteiger partial charge in [0.1, 0.15) is 22.4 Å². The van der Waals surface area contributed by atoms with Crippen molar-refractivity contribution in [1.29, 1.82) is 0 Å². The van der Waals surface area contributed by atoms with E-state index in [0.717, 1.165) is 0 Å². The Morgan fingerprint density at radius 3 is 2.70 bits per heavy atom. The Bertz CT molecular complexity index is 1060. The molecule has 0 saturated heterocycles. The lowest BCUT2D eigenvalue weighted by atomic mass is 10.2. The van der Waals surface area contributed by atoms with Crippen LogP contribution >= 0.6 is 27.5 Å². The number of carbonyl (C=O) groups is 2. The molecule has 3 rings (SSSR count). The highest BCUT2D eigenvalue weighted by atomic mass is 79.9. The fourth-order valence-corrected chi connectivity index (χ4v) is 2.89. The molecule has 0 spiro atoms. The van der Waals surface area contributed by atoms with Gasteiger partial charge in [0.25, 0.3) is 5.91 Å². The molecule has 0 fully saturated rings. The molecule has 0 bridgehead atoms. The molecule has 3 aromatic rings. The SMILES string of the molecule is O=C(O)CNC(=O)c1nc(Br)c2nc(Oc3cccc(Cl)c3)ccc2c1O. The number of halogens is 2. The van der Waals surface area contributed by atoms with Crippen molar-refractivity contribution in [3.63, 3.8) is 0 Å². The van der Waals surface area contributed by atoms with Crippen molar-refractivity contribution in [2.24, 2.45) is 0 Å². The van der Waals surface area contributed by atoms with Crippen LogP contribution in [0.2, 0.25) is 5.02 Å². The maximum atomic E-state index is 12.0. The first-order valence-corrected chi connectivity index (χ1v) is 8.65. The van der Waals surface area contributed by atoms with Gasteiger partial charge in [0.05, 0.1) is 0 Å². The number of hydrogen-bond donors (Lipinski definition) is 3. The highest BCUT2D eigenvalue weighted by molar-refractivity contribution is 9.10. The van der Waals surface area contributed by atoms with Gasteiger partial charge in [-0.25, -0.2) is 9.97 Å². The Kier molecular flexibility index (Phi) is 5.43. The molecule has 0 atom stereocenters. The minimum atomic E-state index is -1.22. The van der Waals surface area contributed by atoms with Gasteiger partial charge < -0.3 is 20.3 Å². The second-order valence-electron chi connectivity index (χ2n) is 5.28. The molecular weight excluding hydrogens is 442 g/mol. The third-order valence-electron chi connectivity index (χ3n) is 3.39. The summed E-state index contributed by atoms with van der Waals surface area (Å²) in [7, 11) is 0. The Labute approximate surface area is 165 Å². The predicted molar refractivity (Wildman–Crippen MR) is 100 cm³/mol. The molecule has 1 aromatic carbocycles. The lowest BCUT2D eigenvalue weighted by Crippen LogP contribution is -2.30. The van der Waals surface area contributed by atoms with Gasteiger partial charge in [-0.1, -0.05) is 17.7 Å². The fourth-order valence-electron chi connectivity index (χ4n) is 2.23. The summed E-state index contributed by atoms with van der Waals surface area (Å²) in [6, 6.07) is 9.78. The van der Waals surface area contributed by atoms with E-state index in [1.807, 2.05) is 0 Å². The molecule has 138 valence electrons. The van der Waals surface area contributed by atoms with Gasteiger partial charge in [-0.05, 0) is 40.2 Å². The number of benzene rings is 1. The number of nitrogens with zero attached hydrogens (tertiary/aromatic N) is 2. The van der Waals surface area contributed by atoms with Crippen LogP contribution in [-0.4, -0.2) is 38.6 Å². The van der Waals surface area contributed by atoms with Crippen LogP contribution in [0.3, 0.4) is 0 Å². The molecule has 0 aliphatic rings. The zero-order chi connectivity index (χ0) is 19.6. The van der Waals surface area contributed by atoms with E-state index in [0.29, 0.717) is 10.8 Å². The Hall–Kier alpha value is -2.91. The molecule has 0 radical (unpaired) electrons. The standard InChI is InChI=1S/C17H11BrClN3O5/c18-16-13-10(15(25)14(22-16)17(26)20-7-12(23)24)4-5-11(21-13)27-9-3-1-2-8(19)6-9/h1-6,25H,7H2,(H,20,26)(H,23,24). The van der Waals surface area contributed by atoms with Gasteiger partial charge in [-0.2, -0.15) is 0 Å². The summed E-state index contributed by atoms with van der Waals surface area (Å²) in [5.74, 6) is -1.75. The molecule has 0 aliphatic heterocycles. The maximum absolute atomic E-state index is 12.0. The van der Waals surface area contributed by atoms with Crippen LogP contribution in [0.1, 0.15) is 10.5 Å². The summed E-state index contributed by atoms with van der Waals surface area (Å²) < 4.78 is 5.82. The van der Waals surface area contributed by atoms with Gasteiger partial charge in [-0.3, -0.25) is 9.59 Å². The number of fused-ring (bicyclic) bond motifs is 1. The van der Waals surface area contributed by atoms with E-state index in [-0.39, 0.29) is 27.1 Å². The summed E-state index contributed by atoms with van der Waals surface area (Å²) >= 11 is 9.12. The number of aliphatic carboxylic acids is 1. The van der Waals surface area contributed by atoms with Crippen molar-refractivity contribution < 1.29 is 24.5 Å². The second kappa shape index (κ2) is 7.77. The van der Waals surface area contributed by atoms with Crippen molar-refractivity contribution in [3.05, 3.63) is 51.7 Å². The number of nitrogens with one attached hydrogen (secondary N) is 1. The first kappa shape index (κ1) is 18.9. The van der Waals surface area contributed by atoms with Crippen LogP contribution < -0.4 is 10.1 Å². The Morgan fingerprint density at radius 2 is 2.00 bits per heavy atom. The van der Waals surface area contributed by atoms with E-state index >= 15 is 0 Å². The summed E-state index contributed by atoms with van der Waals surface area (Å²) in [5.41, 5.74) is -0.0530. The number of rotatable bonds is 5. The molecular formula is C17H11BrClN3O5. The molecule has 1 amide bonds. The van der Waals surface area contributed by atoms with E-state index in [1.165, 1.54) is 12.1 Å². The van der Waals surface area contributed by atoms with Crippen LogP contribution in [0, 0.1) is 0 Å². The van der Waals surface area contributed by atoms with Crippen molar-refractivity contribution in [2.75, 3.05) is 6.54 Å². The van der Waals surface area contributed by atoms with Crippen LogP contribution in [0.4, 0.5) is 0 Å². The topological polar surface area (TPSA) is 122 Å². The monoisotopic (exact) mass is 451 g/mol. The first-order chi connectivity index (χ1) is 12.8. The van der Waals surface area contributed by atoms with Crippen molar-refractivity contribution in [3.8, 4) is 17.4 Å². The molecule has 2 aromatic heterocycles. The number of hydrogen-bond acceptors (Lipinski definition) is 6. The summed E-state index contributed by atoms with van der Waals surface area (Å²) in [6.45, 7) is -0.597. The van der Waals surface area contributed by atoms with Crippen LogP contribution in [0.25, 0.3) is 10.9 Å². The zero-order valence-corrected chi connectivity index (χ0v) is 15.8. The Balaban J connectivity index is 1.96. The van der Waals surface area contributed by atoms with E-state index < -0.39 is 24.2 Å². The minimum Gasteiger partial charge on any atom is -0.505 e. The van der Waals surface area contributed by atoms with Crippen LogP contribution in [0.5, 0.6) is 17.4 Å². The van der Waals surface area contributed by atoms with E-state index in [1.54, 1.807) is 24.3 Å². The van der Waals surface area contributed by atoms with E-state index in [2.05, 4.69) is 31.2 Å². The zero-order valence-electron chi connectivity index (χ0n) is 13.4. The summed E-state index contributed by atoms with van der Waals surface area (Å²) in [6.07, 6.45) is 0. The summed E-state index contributed by atoms with van der Waals surface area (Å²) in [4.78, 5) is 30.8. The number of amides is 1. The molecule has 10 heteroatoms. The summed E-state index contributed by atoms with van der Waals surface area (Å²) in [5, 5.41) is 21.9. The average Bonchev–Trinajstić information content (AvgIpc) is 2.62. The smallest absolute Gasteiger partial charge is 0.322 e. The number of carboxylic acids is 1. The van der Waals surface area contributed by atoms with Gasteiger partial charge in [0.2, 0.25) is 5.88 Å². The molecule has 0 aliphatic carbocycles. The number of pyridine rings is 2. The van der Waals surface area contributed by atoms with Crippen LogP contribution in [-0.2, 0) is 4.79 Å².